The molecule has 106 valence electrons. The quantitative estimate of drug-likeness (QED) is 0.647. The molecule has 0 saturated carbocycles. The first kappa shape index (κ1) is 13.8. The Labute approximate surface area is 110 Å². The molecule has 0 atom stereocenters. The fourth-order valence-electron chi connectivity index (χ4n) is 1.32. The molecule has 7 nitrogen and oxygen atoms in total. The van der Waals surface area contributed by atoms with Gasteiger partial charge in [0.15, 0.2) is 0 Å². The van der Waals surface area contributed by atoms with Crippen LogP contribution in [0.4, 0.5) is 13.2 Å². The smallest absolute Gasteiger partial charge is 0.273 e. The van der Waals surface area contributed by atoms with E-state index in [1.165, 1.54) is 24.5 Å². The second-order valence-corrected chi connectivity index (χ2v) is 3.72. The van der Waals surface area contributed by atoms with Crippen LogP contribution in [0.2, 0.25) is 0 Å². The first-order valence-electron chi connectivity index (χ1n) is 5.37. The van der Waals surface area contributed by atoms with Crippen LogP contribution in [0.3, 0.4) is 0 Å². The highest BCUT2D eigenvalue weighted by molar-refractivity contribution is 5.92. The fourth-order valence-corrected chi connectivity index (χ4v) is 1.32. The number of nitrogens with zero attached hydrogens (tertiary/aromatic N) is 4. The Kier molecular flexibility index (Phi) is 3.82. The molecule has 2 aromatic rings. The van der Waals surface area contributed by atoms with Gasteiger partial charge in [0.25, 0.3) is 5.91 Å². The molecule has 0 spiro atoms. The van der Waals surface area contributed by atoms with Gasteiger partial charge in [-0.1, -0.05) is 0 Å². The van der Waals surface area contributed by atoms with Crippen LogP contribution in [0.5, 0.6) is 0 Å². The van der Waals surface area contributed by atoms with Crippen LogP contribution in [0.25, 0.3) is 0 Å². The van der Waals surface area contributed by atoms with E-state index in [0.717, 1.165) is 10.9 Å². The molecule has 0 unspecified atom stereocenters. The summed E-state index contributed by atoms with van der Waals surface area (Å²) in [5.41, 5.74) is 2.59. The van der Waals surface area contributed by atoms with Crippen molar-refractivity contribution in [3.05, 3.63) is 35.9 Å². The number of rotatable bonds is 4. The van der Waals surface area contributed by atoms with Crippen molar-refractivity contribution in [1.29, 1.82) is 0 Å². The predicted molar refractivity (Wildman–Crippen MR) is 61.9 cm³/mol. The predicted octanol–water partition coefficient (Wildman–Crippen LogP) is 0.932. The van der Waals surface area contributed by atoms with Crippen LogP contribution >= 0.6 is 0 Å². The normalized spacial score (nSPS) is 11.9. The number of alkyl halides is 3. The number of hydrogen-bond acceptors (Lipinski definition) is 4. The molecule has 2 rings (SSSR count). The highest BCUT2D eigenvalue weighted by Crippen LogP contribution is 2.16. The summed E-state index contributed by atoms with van der Waals surface area (Å²) in [4.78, 5) is 11.4. The Balaban J connectivity index is 1.90. The molecule has 10 heteroatoms. The first-order valence-corrected chi connectivity index (χ1v) is 5.37. The van der Waals surface area contributed by atoms with Crippen LogP contribution in [0, 0.1) is 0 Å². The molecule has 0 fully saturated rings. The molecule has 1 amide bonds. The molecule has 0 aliphatic heterocycles. The summed E-state index contributed by atoms with van der Waals surface area (Å²) >= 11 is 0. The summed E-state index contributed by atoms with van der Waals surface area (Å²) < 4.78 is 37.0. The first-order chi connectivity index (χ1) is 9.44. The Bertz CT molecular complexity index is 601. The van der Waals surface area contributed by atoms with Gasteiger partial charge in [-0.05, 0) is 12.1 Å². The molecule has 0 saturated heterocycles. The minimum absolute atomic E-state index is 0.194. The summed E-state index contributed by atoms with van der Waals surface area (Å²) in [7, 11) is 0. The number of nitrogens with one attached hydrogen (secondary N) is 2. The van der Waals surface area contributed by atoms with Crippen molar-refractivity contribution in [3.8, 4) is 0 Å². The zero-order chi connectivity index (χ0) is 14.6. The van der Waals surface area contributed by atoms with E-state index in [2.05, 4.69) is 25.8 Å². The average Bonchev–Trinajstić information content (AvgIpc) is 2.98. The van der Waals surface area contributed by atoms with E-state index in [9.17, 15) is 18.0 Å². The van der Waals surface area contributed by atoms with Crippen molar-refractivity contribution in [2.24, 2.45) is 5.10 Å². The third kappa shape index (κ3) is 3.93. The second kappa shape index (κ2) is 5.55. The lowest BCUT2D eigenvalue weighted by Gasteiger charge is -2.04. The number of carbonyl (C=O) groups is 1. The van der Waals surface area contributed by atoms with Gasteiger partial charge >= 0.3 is 6.18 Å². The molecule has 2 aromatic heterocycles. The third-order valence-corrected chi connectivity index (χ3v) is 2.11. The lowest BCUT2D eigenvalue weighted by molar-refractivity contribution is -0.142. The van der Waals surface area contributed by atoms with E-state index in [1.807, 2.05) is 0 Å². The van der Waals surface area contributed by atoms with Crippen LogP contribution < -0.4 is 5.43 Å². The number of halogens is 3. The van der Waals surface area contributed by atoms with Crippen LogP contribution in [-0.4, -0.2) is 38.3 Å². The van der Waals surface area contributed by atoms with E-state index < -0.39 is 18.6 Å². The number of hydrogen-bond donors (Lipinski definition) is 2. The Morgan fingerprint density at radius 2 is 2.30 bits per heavy atom. The highest BCUT2D eigenvalue weighted by atomic mass is 19.4. The molecule has 0 aliphatic carbocycles. The maximum Gasteiger partial charge on any atom is 0.408 e. The van der Waals surface area contributed by atoms with Crippen molar-refractivity contribution >= 4 is 12.1 Å². The molecule has 0 radical (unpaired) electrons. The van der Waals surface area contributed by atoms with E-state index >= 15 is 0 Å². The molecule has 0 bridgehead atoms. The Morgan fingerprint density at radius 1 is 1.50 bits per heavy atom. The molecular formula is C10H9F3N6O. The zero-order valence-corrected chi connectivity index (χ0v) is 9.92. The second-order valence-electron chi connectivity index (χ2n) is 3.72. The fraction of sp³-hybridized carbons (Fsp3) is 0.200. The van der Waals surface area contributed by atoms with E-state index in [1.54, 1.807) is 0 Å². The third-order valence-electron chi connectivity index (χ3n) is 2.11. The Hall–Kier alpha value is -2.65. The van der Waals surface area contributed by atoms with Crippen molar-refractivity contribution in [2.75, 3.05) is 0 Å². The minimum atomic E-state index is -4.34. The standard InChI is InChI=1S/C10H9F3N6O/c11-10(12,13)6-19-4-2-7(18-19)5-15-17-9(20)8-1-3-14-16-8/h1-5H,6H2,(H,14,16)(H,17,20)/b15-5+. The molecule has 2 heterocycles. The lowest BCUT2D eigenvalue weighted by atomic mass is 10.4. The summed E-state index contributed by atoms with van der Waals surface area (Å²) in [5, 5.41) is 13.2. The molecule has 0 aromatic carbocycles. The molecule has 20 heavy (non-hydrogen) atoms. The van der Waals surface area contributed by atoms with Gasteiger partial charge in [0.1, 0.15) is 17.9 Å². The van der Waals surface area contributed by atoms with E-state index in [4.69, 9.17) is 0 Å². The van der Waals surface area contributed by atoms with Crippen LogP contribution in [-0.2, 0) is 6.54 Å². The number of aromatic amines is 1. The average molecular weight is 286 g/mol. The molecule has 0 aliphatic rings. The number of H-pyrrole nitrogens is 1. The summed E-state index contributed by atoms with van der Waals surface area (Å²) in [6.07, 6.45) is -0.626. The number of aromatic nitrogens is 4. The number of amides is 1. The summed E-state index contributed by atoms with van der Waals surface area (Å²) in [6.45, 7) is -1.18. The lowest BCUT2D eigenvalue weighted by Crippen LogP contribution is -2.19. The van der Waals surface area contributed by atoms with Crippen molar-refractivity contribution < 1.29 is 18.0 Å². The highest BCUT2D eigenvalue weighted by Gasteiger charge is 2.28. The summed E-state index contributed by atoms with van der Waals surface area (Å²) in [5.74, 6) is -0.520. The SMILES string of the molecule is O=C(N/N=C/c1ccn(CC(F)(F)F)n1)c1ccn[nH]1. The van der Waals surface area contributed by atoms with Gasteiger partial charge in [-0.2, -0.15) is 28.5 Å². The van der Waals surface area contributed by atoms with Crippen molar-refractivity contribution in [1.82, 2.24) is 25.4 Å². The monoisotopic (exact) mass is 286 g/mol. The van der Waals surface area contributed by atoms with Gasteiger partial charge in [-0.3, -0.25) is 14.6 Å². The van der Waals surface area contributed by atoms with Gasteiger partial charge in [0.2, 0.25) is 0 Å². The maximum absolute atomic E-state index is 12.1. The zero-order valence-electron chi connectivity index (χ0n) is 9.92. The minimum Gasteiger partial charge on any atom is -0.273 e. The maximum atomic E-state index is 12.1. The van der Waals surface area contributed by atoms with Gasteiger partial charge < -0.3 is 0 Å². The molecular weight excluding hydrogens is 277 g/mol. The largest absolute Gasteiger partial charge is 0.408 e. The van der Waals surface area contributed by atoms with Crippen molar-refractivity contribution in [2.45, 2.75) is 12.7 Å². The molecule has 2 N–H and O–H groups in total. The van der Waals surface area contributed by atoms with Gasteiger partial charge in [0.05, 0.1) is 6.21 Å². The number of carbonyl (C=O) groups excluding carboxylic acids is 1. The van der Waals surface area contributed by atoms with Crippen molar-refractivity contribution in [3.63, 3.8) is 0 Å². The summed E-state index contributed by atoms with van der Waals surface area (Å²) in [6, 6.07) is 2.79. The van der Waals surface area contributed by atoms with Crippen LogP contribution in [0.1, 0.15) is 16.2 Å². The van der Waals surface area contributed by atoms with Gasteiger partial charge in [-0.25, -0.2) is 5.43 Å². The van der Waals surface area contributed by atoms with E-state index in [0.29, 0.717) is 0 Å². The number of hydrazone groups is 1. The van der Waals surface area contributed by atoms with Crippen LogP contribution in [0.15, 0.2) is 29.6 Å². The Morgan fingerprint density at radius 3 is 2.95 bits per heavy atom. The van der Waals surface area contributed by atoms with Gasteiger partial charge in [-0.15, -0.1) is 0 Å². The van der Waals surface area contributed by atoms with E-state index in [-0.39, 0.29) is 11.4 Å². The van der Waals surface area contributed by atoms with Gasteiger partial charge in [0, 0.05) is 12.4 Å². The topological polar surface area (TPSA) is 88.0 Å².